The highest BCUT2D eigenvalue weighted by Crippen LogP contribution is 2.41. The van der Waals surface area contributed by atoms with Crippen molar-refractivity contribution in [2.75, 3.05) is 46.2 Å². The topological polar surface area (TPSA) is 388 Å². The van der Waals surface area contributed by atoms with Gasteiger partial charge in [0.25, 0.3) is 0 Å². The number of fused-ring (bicyclic) bond motifs is 1. The molecule has 8 aromatic carbocycles. The number of halogens is 3. The van der Waals surface area contributed by atoms with Crippen LogP contribution < -0.4 is 9.47 Å². The van der Waals surface area contributed by atoms with E-state index in [-0.39, 0.29) is 17.7 Å². The fraction of sp³-hybridized carbons (Fsp3) is 0.400. The van der Waals surface area contributed by atoms with Gasteiger partial charge in [0.05, 0.1) is 46.2 Å². The van der Waals surface area contributed by atoms with Crippen molar-refractivity contribution >= 4 is 44.4 Å². The third kappa shape index (κ3) is 21.6. The number of benzene rings is 8. The third-order valence-corrected chi connectivity index (χ3v) is 24.5. The minimum Gasteiger partial charge on any atom is -0.494 e. The summed E-state index contributed by atoms with van der Waals surface area (Å²) >= 11 is 9.58. The SMILES string of the molecule is CCOc1ccc(Cc2cc([C@@H]3O[C@H](CO)[C@@H](O)[C@H](O)[C@H]3O)ccc2Cl)cc1.Cc1ccc([C@@H]2O[C@H](CO)[C@@H](O)[C@H](O)[C@H]2O)cc1Cc1ccc(-c2ccc(F)cc2)s1.Cc1ccc([C@@H]2O[C@H](CO)[C@@H](O)[C@H](O)[C@H]2O)cc1Cc1ccc(O[C@@H]2CCOC2)cc1.OC[C@H]1O[C@@H](c2ccc(F)c(Cc3cc4ccccc4s3)c2)[C@H](O)[C@@H](O)[C@@H]1O. The van der Waals surface area contributed by atoms with Gasteiger partial charge in [-0.3, -0.25) is 0 Å². The normalized spacial score (nSPS) is 28.2. The summed E-state index contributed by atoms with van der Waals surface area (Å²) in [4.78, 5) is 3.19. The van der Waals surface area contributed by atoms with Gasteiger partial charge in [-0.25, -0.2) is 8.78 Å². The molecule has 632 valence electrons. The lowest BCUT2D eigenvalue weighted by Gasteiger charge is -2.40. The number of aliphatic hydroxyl groups is 16. The van der Waals surface area contributed by atoms with Crippen LogP contribution in [0.2, 0.25) is 5.02 Å². The van der Waals surface area contributed by atoms with E-state index in [1.54, 1.807) is 53.0 Å². The molecule has 16 N–H and O–H groups in total. The lowest BCUT2D eigenvalue weighted by Crippen LogP contribution is -2.55. The first kappa shape index (κ1) is 89.6. The number of hydrogen-bond donors (Lipinski definition) is 16. The van der Waals surface area contributed by atoms with Crippen molar-refractivity contribution in [3.8, 4) is 21.9 Å². The molecule has 5 saturated heterocycles. The standard InChI is InChI=1S/C24H25FO5S.C24H30O7.C21H25ClO6.C21H21FO5S/c1-13-2-3-15(24-23(29)22(28)21(27)19(12-26)30-24)10-16(13)11-18-8-9-20(31-18)14-4-6-17(25)7-5-14;1-14-2-5-16(24-23(28)22(27)21(26)20(12-25)31-24)11-17(14)10-15-3-6-18(7-4-15)30-19-8-9-29-13-19;1-2-27-15-6-3-12(4-7-15)9-14-10-13(5-8-16(14)22)21-20(26)19(25)18(24)17(11-23)28-21;22-15-6-5-12(21-20(26)19(25)18(24)16(10-23)27-21)7-13(15)9-14-8-11-3-1-2-4-17(11)28-14/h2-10,19,21-24,26-29H,11-12H2,1H3;2-7,11,19-28H,8-10,12-13H2,1H3;3-8,10,17-21,23-26H,2,9,11H2,1H3;1-8,16,18-21,23-26H,9-10H2/t19-,21-,22+,23-,24+;19-,20-,21-,22+,23-,24+;17-,18-,19+,20-,21+;16-,18-,19+,20-,21+/m1111/s1. The molecule has 0 unspecified atom stereocenters. The van der Waals surface area contributed by atoms with Crippen LogP contribution >= 0.6 is 34.3 Å². The molecule has 23 nitrogen and oxygen atoms in total. The molecule has 0 aliphatic carbocycles. The highest BCUT2D eigenvalue weighted by molar-refractivity contribution is 7.19. The van der Waals surface area contributed by atoms with E-state index in [1.807, 2.05) is 154 Å². The predicted molar refractivity (Wildman–Crippen MR) is 438 cm³/mol. The Balaban J connectivity index is 0.000000145. The van der Waals surface area contributed by atoms with Crippen LogP contribution in [0.1, 0.15) is 114 Å². The molecular weight excluding hydrogens is 1590 g/mol. The van der Waals surface area contributed by atoms with Crippen molar-refractivity contribution in [2.24, 2.45) is 0 Å². The number of hydrogen-bond acceptors (Lipinski definition) is 25. The smallest absolute Gasteiger partial charge is 0.126 e. The van der Waals surface area contributed by atoms with Gasteiger partial charge in [-0.15, -0.1) is 22.7 Å². The molecule has 10 aromatic rings. The Labute approximate surface area is 694 Å². The van der Waals surface area contributed by atoms with Crippen LogP contribution in [0.3, 0.4) is 0 Å². The van der Waals surface area contributed by atoms with Gasteiger partial charge in [0, 0.05) is 43.6 Å². The van der Waals surface area contributed by atoms with E-state index >= 15 is 0 Å². The highest BCUT2D eigenvalue weighted by atomic mass is 35.5. The third-order valence-electron chi connectivity index (χ3n) is 21.9. The van der Waals surface area contributed by atoms with Crippen LogP contribution in [0, 0.1) is 25.5 Å². The lowest BCUT2D eigenvalue weighted by atomic mass is 9.89. The Morgan fingerprint density at radius 3 is 1.31 bits per heavy atom. The Bertz CT molecular complexity index is 4820. The van der Waals surface area contributed by atoms with Crippen LogP contribution in [0.4, 0.5) is 8.78 Å². The molecule has 5 aliphatic heterocycles. The van der Waals surface area contributed by atoms with Gasteiger partial charge in [0.1, 0.15) is 151 Å². The van der Waals surface area contributed by atoms with E-state index in [9.17, 15) is 90.5 Å². The second kappa shape index (κ2) is 41.3. The van der Waals surface area contributed by atoms with E-state index in [2.05, 4.69) is 0 Å². The second-order valence-electron chi connectivity index (χ2n) is 30.1. The largest absolute Gasteiger partial charge is 0.494 e. The molecule has 0 spiro atoms. The Hall–Kier alpha value is -7.67. The van der Waals surface area contributed by atoms with Gasteiger partial charge in [0.2, 0.25) is 0 Å². The van der Waals surface area contributed by atoms with Gasteiger partial charge in [-0.05, 0) is 190 Å². The monoisotopic (exact) mass is 1690 g/mol. The van der Waals surface area contributed by atoms with Gasteiger partial charge in [0.15, 0.2) is 0 Å². The first-order chi connectivity index (χ1) is 56.7. The summed E-state index contributed by atoms with van der Waals surface area (Å²) in [7, 11) is 0. The number of thiophene rings is 2. The predicted octanol–water partition coefficient (Wildman–Crippen LogP) is 8.23. The second-order valence-corrected chi connectivity index (χ2v) is 32.9. The van der Waals surface area contributed by atoms with E-state index < -0.39 is 149 Å². The highest BCUT2D eigenvalue weighted by Gasteiger charge is 2.48. The van der Waals surface area contributed by atoms with Crippen molar-refractivity contribution in [3.63, 3.8) is 0 Å². The molecule has 0 amide bonds. The minimum atomic E-state index is -1.47. The zero-order valence-electron chi connectivity index (χ0n) is 65.0. The molecule has 0 saturated carbocycles. The summed E-state index contributed by atoms with van der Waals surface area (Å²) in [5.74, 6) is 0.991. The number of rotatable bonds is 21. The van der Waals surface area contributed by atoms with E-state index in [4.69, 9.17) is 44.8 Å². The van der Waals surface area contributed by atoms with Crippen LogP contribution in [0.5, 0.6) is 11.5 Å². The van der Waals surface area contributed by atoms with Gasteiger partial charge >= 0.3 is 0 Å². The number of aliphatic hydroxyl groups excluding tert-OH is 16. The molecule has 21 atom stereocenters. The van der Waals surface area contributed by atoms with Gasteiger partial charge in [-0.2, -0.15) is 0 Å². The average Bonchev–Trinajstić information content (AvgIpc) is 0.930. The van der Waals surface area contributed by atoms with Crippen molar-refractivity contribution in [3.05, 3.63) is 281 Å². The van der Waals surface area contributed by atoms with Crippen LogP contribution in [0.25, 0.3) is 20.5 Å². The molecule has 118 heavy (non-hydrogen) atoms. The maximum absolute atomic E-state index is 14.4. The molecule has 5 fully saturated rings. The minimum absolute atomic E-state index is 0.114. The zero-order valence-corrected chi connectivity index (χ0v) is 67.4. The van der Waals surface area contributed by atoms with Crippen molar-refractivity contribution < 1.29 is 124 Å². The quantitative estimate of drug-likeness (QED) is 0.0322. The summed E-state index contributed by atoms with van der Waals surface area (Å²) in [5, 5.41) is 161. The van der Waals surface area contributed by atoms with Crippen molar-refractivity contribution in [2.45, 2.75) is 181 Å². The maximum atomic E-state index is 14.4. The Morgan fingerprint density at radius 2 is 0.847 bits per heavy atom. The van der Waals surface area contributed by atoms with Crippen molar-refractivity contribution in [1.82, 2.24) is 0 Å². The number of aryl methyl sites for hydroxylation is 2. The van der Waals surface area contributed by atoms with E-state index in [0.29, 0.717) is 71.7 Å². The number of ether oxygens (including phenoxy) is 7. The Kier molecular flexibility index (Phi) is 31.3. The zero-order chi connectivity index (χ0) is 84.2. The van der Waals surface area contributed by atoms with Crippen LogP contribution in [0.15, 0.2) is 188 Å². The van der Waals surface area contributed by atoms with Crippen LogP contribution in [-0.4, -0.2) is 232 Å². The summed E-state index contributed by atoms with van der Waals surface area (Å²) in [6, 6.07) is 57.2. The molecule has 0 radical (unpaired) electrons. The molecular formula is C90H101ClF2O23S2. The fourth-order valence-corrected chi connectivity index (χ4v) is 17.3. The van der Waals surface area contributed by atoms with Gasteiger partial charge in [-0.1, -0.05) is 121 Å². The molecule has 7 heterocycles. The molecule has 28 heteroatoms. The molecule has 15 rings (SSSR count). The maximum Gasteiger partial charge on any atom is 0.126 e. The molecule has 2 aromatic heterocycles. The van der Waals surface area contributed by atoms with E-state index in [0.717, 1.165) is 93.8 Å². The van der Waals surface area contributed by atoms with E-state index in [1.165, 1.54) is 24.3 Å². The molecule has 0 bridgehead atoms. The average molecular weight is 1690 g/mol. The first-order valence-corrected chi connectivity index (χ1v) is 41.1. The summed E-state index contributed by atoms with van der Waals surface area (Å²) < 4.78 is 68.1. The fourth-order valence-electron chi connectivity index (χ4n) is 15.0. The summed E-state index contributed by atoms with van der Waals surface area (Å²) in [6.07, 6.45) is -20.6. The Morgan fingerprint density at radius 1 is 0.415 bits per heavy atom. The summed E-state index contributed by atoms with van der Waals surface area (Å²) in [6.45, 7) is 6.06. The van der Waals surface area contributed by atoms with Crippen LogP contribution in [-0.2, 0) is 49.4 Å². The van der Waals surface area contributed by atoms with Crippen molar-refractivity contribution in [1.29, 1.82) is 0 Å². The first-order valence-electron chi connectivity index (χ1n) is 39.1. The lowest BCUT2D eigenvalue weighted by molar-refractivity contribution is -0.231. The van der Waals surface area contributed by atoms with Gasteiger partial charge < -0.3 is 115 Å². The molecule has 5 aliphatic rings. The summed E-state index contributed by atoms with van der Waals surface area (Å²) in [5.41, 5.74) is 11.1.